The van der Waals surface area contributed by atoms with Gasteiger partial charge in [0.25, 0.3) is 0 Å². The topological polar surface area (TPSA) is 29.3 Å². The van der Waals surface area contributed by atoms with Crippen molar-refractivity contribution in [2.24, 2.45) is 5.73 Å². The molecule has 2 nitrogen and oxygen atoms in total. The van der Waals surface area contributed by atoms with E-state index in [9.17, 15) is 0 Å². The molecule has 0 amide bonds. The Kier molecular flexibility index (Phi) is 6.25. The molecule has 0 radical (unpaired) electrons. The van der Waals surface area contributed by atoms with Crippen LogP contribution in [0.4, 0.5) is 0 Å². The van der Waals surface area contributed by atoms with Crippen LogP contribution < -0.4 is 5.73 Å². The van der Waals surface area contributed by atoms with Crippen LogP contribution in [0.5, 0.6) is 0 Å². The average molecular weight is 288 g/mol. The molecule has 118 valence electrons. The molecule has 0 saturated carbocycles. The summed E-state index contributed by atoms with van der Waals surface area (Å²) in [6.07, 6.45) is 7.65. The van der Waals surface area contributed by atoms with E-state index in [1.807, 2.05) is 0 Å². The van der Waals surface area contributed by atoms with E-state index in [1.54, 1.807) is 0 Å². The number of hydrogen-bond acceptors (Lipinski definition) is 2. The number of nitrogens with zero attached hydrogens (tertiary/aromatic N) is 1. The number of aryl methyl sites for hydroxylation is 1. The molecule has 1 fully saturated rings. The van der Waals surface area contributed by atoms with Gasteiger partial charge in [0.15, 0.2) is 0 Å². The normalized spacial score (nSPS) is 23.5. The summed E-state index contributed by atoms with van der Waals surface area (Å²) in [4.78, 5) is 2.73. The first-order valence-electron chi connectivity index (χ1n) is 8.75. The SMILES string of the molecule is CCC(N)C(c1ccccc1C)N1CCCCCC1CC. The van der Waals surface area contributed by atoms with Crippen molar-refractivity contribution >= 4 is 0 Å². The molecule has 1 aromatic rings. The van der Waals surface area contributed by atoms with E-state index >= 15 is 0 Å². The van der Waals surface area contributed by atoms with E-state index in [0.717, 1.165) is 6.42 Å². The molecule has 2 rings (SSSR count). The Balaban J connectivity index is 2.36. The first kappa shape index (κ1) is 16.5. The van der Waals surface area contributed by atoms with Gasteiger partial charge in [-0.2, -0.15) is 0 Å². The third-order valence-electron chi connectivity index (χ3n) is 5.14. The Morgan fingerprint density at radius 2 is 1.95 bits per heavy atom. The van der Waals surface area contributed by atoms with Gasteiger partial charge in [-0.15, -0.1) is 0 Å². The van der Waals surface area contributed by atoms with Gasteiger partial charge in [0.2, 0.25) is 0 Å². The summed E-state index contributed by atoms with van der Waals surface area (Å²) in [6.45, 7) is 7.97. The van der Waals surface area contributed by atoms with Crippen LogP contribution in [0.15, 0.2) is 24.3 Å². The van der Waals surface area contributed by atoms with Crippen LogP contribution in [0.25, 0.3) is 0 Å². The molecule has 0 bridgehead atoms. The van der Waals surface area contributed by atoms with Crippen molar-refractivity contribution in [3.05, 3.63) is 35.4 Å². The highest BCUT2D eigenvalue weighted by molar-refractivity contribution is 5.30. The van der Waals surface area contributed by atoms with E-state index in [1.165, 1.54) is 49.8 Å². The minimum absolute atomic E-state index is 0.221. The van der Waals surface area contributed by atoms with E-state index in [-0.39, 0.29) is 6.04 Å². The Hall–Kier alpha value is -0.860. The number of nitrogens with two attached hydrogens (primary N) is 1. The lowest BCUT2D eigenvalue weighted by molar-refractivity contribution is 0.111. The highest BCUT2D eigenvalue weighted by Crippen LogP contribution is 2.33. The van der Waals surface area contributed by atoms with Crippen LogP contribution in [0.2, 0.25) is 0 Å². The van der Waals surface area contributed by atoms with Gasteiger partial charge >= 0.3 is 0 Å². The quantitative estimate of drug-likeness (QED) is 0.868. The summed E-state index contributed by atoms with van der Waals surface area (Å²) < 4.78 is 0. The minimum atomic E-state index is 0.221. The predicted molar refractivity (Wildman–Crippen MR) is 91.4 cm³/mol. The van der Waals surface area contributed by atoms with Crippen LogP contribution >= 0.6 is 0 Å². The maximum atomic E-state index is 6.58. The molecule has 0 aromatic heterocycles. The van der Waals surface area contributed by atoms with Crippen LogP contribution in [0, 0.1) is 6.92 Å². The van der Waals surface area contributed by atoms with Crippen molar-refractivity contribution in [3.8, 4) is 0 Å². The molecule has 3 atom stereocenters. The zero-order valence-electron chi connectivity index (χ0n) is 14.0. The van der Waals surface area contributed by atoms with E-state index < -0.39 is 0 Å². The minimum Gasteiger partial charge on any atom is -0.326 e. The van der Waals surface area contributed by atoms with Crippen LogP contribution in [-0.2, 0) is 0 Å². The fraction of sp³-hybridized carbons (Fsp3) is 0.684. The summed E-state index contributed by atoms with van der Waals surface area (Å²) in [7, 11) is 0. The second kappa shape index (κ2) is 7.95. The van der Waals surface area contributed by atoms with Crippen molar-refractivity contribution in [2.45, 2.75) is 77.4 Å². The molecule has 1 saturated heterocycles. The van der Waals surface area contributed by atoms with E-state index in [4.69, 9.17) is 5.73 Å². The zero-order valence-corrected chi connectivity index (χ0v) is 14.0. The first-order chi connectivity index (χ1) is 10.2. The van der Waals surface area contributed by atoms with Gasteiger partial charge in [0.1, 0.15) is 0 Å². The Morgan fingerprint density at radius 1 is 1.19 bits per heavy atom. The molecule has 3 unspecified atom stereocenters. The van der Waals surface area contributed by atoms with Crippen molar-refractivity contribution in [2.75, 3.05) is 6.54 Å². The van der Waals surface area contributed by atoms with Crippen molar-refractivity contribution in [1.82, 2.24) is 4.90 Å². The molecule has 1 aliphatic heterocycles. The lowest BCUT2D eigenvalue weighted by Gasteiger charge is -2.40. The zero-order chi connectivity index (χ0) is 15.2. The maximum absolute atomic E-state index is 6.58. The van der Waals surface area contributed by atoms with E-state index in [2.05, 4.69) is 49.9 Å². The highest BCUT2D eigenvalue weighted by atomic mass is 15.2. The number of likely N-dealkylation sites (tertiary alicyclic amines) is 1. The summed E-state index contributed by atoms with van der Waals surface area (Å²) in [5, 5.41) is 0. The molecule has 1 heterocycles. The van der Waals surface area contributed by atoms with Crippen LogP contribution in [0.1, 0.15) is 69.5 Å². The average Bonchev–Trinajstić information content (AvgIpc) is 2.74. The lowest BCUT2D eigenvalue weighted by atomic mass is 9.91. The second-order valence-corrected chi connectivity index (χ2v) is 6.52. The first-order valence-corrected chi connectivity index (χ1v) is 8.75. The monoisotopic (exact) mass is 288 g/mol. The standard InChI is InChI=1S/C19H32N2/c1-4-16-12-7-6-10-14-21(16)19(18(20)5-2)17-13-9-8-11-15(17)3/h8-9,11,13,16,18-19H,4-7,10,12,14,20H2,1-3H3. The molecule has 21 heavy (non-hydrogen) atoms. The molecule has 2 heteroatoms. The summed E-state index contributed by atoms with van der Waals surface area (Å²) in [5.41, 5.74) is 9.39. The molecule has 0 spiro atoms. The van der Waals surface area contributed by atoms with Gasteiger partial charge in [0, 0.05) is 12.1 Å². The summed E-state index contributed by atoms with van der Waals surface area (Å²) >= 11 is 0. The second-order valence-electron chi connectivity index (χ2n) is 6.52. The molecule has 2 N–H and O–H groups in total. The maximum Gasteiger partial charge on any atom is 0.0504 e. The molecule has 0 aliphatic carbocycles. The highest BCUT2D eigenvalue weighted by Gasteiger charge is 2.31. The smallest absolute Gasteiger partial charge is 0.0504 e. The number of benzene rings is 1. The van der Waals surface area contributed by atoms with Gasteiger partial charge in [-0.1, -0.05) is 51.0 Å². The Morgan fingerprint density at radius 3 is 2.62 bits per heavy atom. The van der Waals surface area contributed by atoms with Crippen molar-refractivity contribution in [1.29, 1.82) is 0 Å². The third kappa shape index (κ3) is 3.87. The van der Waals surface area contributed by atoms with Crippen LogP contribution in [0.3, 0.4) is 0 Å². The lowest BCUT2D eigenvalue weighted by Crippen LogP contribution is -2.46. The molecule has 1 aromatic carbocycles. The fourth-order valence-corrected chi connectivity index (χ4v) is 3.80. The van der Waals surface area contributed by atoms with Crippen molar-refractivity contribution in [3.63, 3.8) is 0 Å². The molecule has 1 aliphatic rings. The van der Waals surface area contributed by atoms with Gasteiger partial charge in [-0.3, -0.25) is 4.90 Å². The third-order valence-corrected chi connectivity index (χ3v) is 5.14. The Labute approximate surface area is 130 Å². The molecular formula is C19H32N2. The Bertz CT molecular complexity index is 429. The van der Waals surface area contributed by atoms with Gasteiger partial charge in [-0.25, -0.2) is 0 Å². The van der Waals surface area contributed by atoms with Gasteiger partial charge in [-0.05, 0) is 50.3 Å². The number of rotatable bonds is 5. The predicted octanol–water partition coefficient (Wildman–Crippen LogP) is 4.43. The largest absolute Gasteiger partial charge is 0.326 e. The van der Waals surface area contributed by atoms with Gasteiger partial charge < -0.3 is 5.73 Å². The van der Waals surface area contributed by atoms with E-state index in [0.29, 0.717) is 12.1 Å². The summed E-state index contributed by atoms with van der Waals surface area (Å²) in [5.74, 6) is 0. The van der Waals surface area contributed by atoms with Crippen molar-refractivity contribution < 1.29 is 0 Å². The fourth-order valence-electron chi connectivity index (χ4n) is 3.80. The number of hydrogen-bond donors (Lipinski definition) is 1. The van der Waals surface area contributed by atoms with Gasteiger partial charge in [0.05, 0.1) is 6.04 Å². The van der Waals surface area contributed by atoms with Crippen LogP contribution in [-0.4, -0.2) is 23.5 Å². The summed E-state index contributed by atoms with van der Waals surface area (Å²) in [6, 6.07) is 10.1. The molecular weight excluding hydrogens is 256 g/mol.